The Labute approximate surface area is 342 Å². The van der Waals surface area contributed by atoms with Gasteiger partial charge in [0.2, 0.25) is 0 Å². The summed E-state index contributed by atoms with van der Waals surface area (Å²) in [5.41, 5.74) is 0.683. The Morgan fingerprint density at radius 2 is 1.55 bits per heavy atom. The largest absolute Gasteiger partial charge is 0.512 e. The van der Waals surface area contributed by atoms with E-state index in [-0.39, 0.29) is 25.2 Å². The third kappa shape index (κ3) is 13.0. The number of nitrogens with zero attached hydrogens (tertiary/aromatic N) is 1. The summed E-state index contributed by atoms with van der Waals surface area (Å²) in [6.07, 6.45) is -0.674. The molecule has 0 spiro atoms. The number of rotatable bonds is 12. The average Bonchev–Trinajstić information content (AvgIpc) is 3.18. The summed E-state index contributed by atoms with van der Waals surface area (Å²) in [7, 11) is 7.59. The monoisotopic (exact) mass is 825 g/mol. The minimum absolute atomic E-state index is 0.0152. The predicted octanol–water partition coefficient (Wildman–Crippen LogP) is 2.78. The number of aliphatic hydroxyl groups is 4. The molecule has 4 N–H and O–H groups in total. The predicted molar refractivity (Wildman–Crippen MR) is 211 cm³/mol. The van der Waals surface area contributed by atoms with Crippen molar-refractivity contribution in [2.75, 3.05) is 42.0 Å². The van der Waals surface area contributed by atoms with Crippen molar-refractivity contribution in [3.8, 4) is 0 Å². The number of likely N-dealkylation sites (N-methyl/N-ethyl adjacent to an activating group) is 1. The van der Waals surface area contributed by atoms with Crippen LogP contribution in [0.3, 0.4) is 0 Å². The molecule has 0 aliphatic carbocycles. The van der Waals surface area contributed by atoms with Gasteiger partial charge in [0.15, 0.2) is 18.4 Å². The van der Waals surface area contributed by atoms with Crippen molar-refractivity contribution >= 4 is 17.7 Å². The fourth-order valence-corrected chi connectivity index (χ4v) is 7.83. The lowest BCUT2D eigenvalue weighted by atomic mass is 9.81. The molecule has 0 aromatic carbocycles. The summed E-state index contributed by atoms with van der Waals surface area (Å²) in [5, 5.41) is 44.5. The van der Waals surface area contributed by atoms with E-state index < -0.39 is 115 Å². The van der Waals surface area contributed by atoms with Gasteiger partial charge in [-0.1, -0.05) is 44.6 Å². The van der Waals surface area contributed by atoms with E-state index in [1.54, 1.807) is 65.8 Å². The molecule has 10 unspecified atom stereocenters. The van der Waals surface area contributed by atoms with Crippen LogP contribution in [0.4, 0.5) is 0 Å². The van der Waals surface area contributed by atoms with Crippen molar-refractivity contribution in [2.24, 2.45) is 23.7 Å². The number of esters is 2. The van der Waals surface area contributed by atoms with Crippen LogP contribution in [0, 0.1) is 23.7 Å². The second-order valence-corrected chi connectivity index (χ2v) is 15.8. The molecule has 16 nitrogen and oxygen atoms in total. The fourth-order valence-electron chi connectivity index (χ4n) is 7.83. The van der Waals surface area contributed by atoms with Gasteiger partial charge in [0, 0.05) is 38.0 Å². The van der Waals surface area contributed by atoms with E-state index in [2.05, 4.69) is 0 Å². The quantitative estimate of drug-likeness (QED) is 0.165. The van der Waals surface area contributed by atoms with E-state index in [1.165, 1.54) is 33.5 Å². The van der Waals surface area contributed by atoms with Crippen LogP contribution in [-0.2, 0) is 52.3 Å². The molecule has 2 fully saturated rings. The standard InChI is InChI=1S/C42H67NO15/c1-12-31-28(21-54-42-40(53-11)39(52-10)36(49)26(6)56-42)18-22(2)16-17-29(44)23(3)19-27(14-13-15-32(46)51-9)38(24(4)30(45)20-33(47)57-31)58-41-37(50)34(43(7)8)35(48)25(5)55-41/h13,15-18,20,23-28,31,34-42,45,48-50H,12,14,19,21H2,1-11H3/b15-13+,17-16+,22-18+,30-20?/t23-,24+,25?,26?,27+,28-,31-,34?,35?,36?,37?,38-,39?,40?,41?,42?/m1/s1. The van der Waals surface area contributed by atoms with Gasteiger partial charge in [-0.15, -0.1) is 0 Å². The zero-order valence-corrected chi connectivity index (χ0v) is 35.8. The molecule has 0 aromatic rings. The van der Waals surface area contributed by atoms with Crippen LogP contribution in [0.2, 0.25) is 0 Å². The Hall–Kier alpha value is -3.03. The first-order valence-electron chi connectivity index (χ1n) is 20.0. The summed E-state index contributed by atoms with van der Waals surface area (Å²) in [4.78, 5) is 41.1. The lowest BCUT2D eigenvalue weighted by Crippen LogP contribution is -2.63. The van der Waals surface area contributed by atoms with Crippen molar-refractivity contribution < 1.29 is 72.7 Å². The number of hydrogen-bond acceptors (Lipinski definition) is 16. The molecule has 3 heterocycles. The third-order valence-electron chi connectivity index (χ3n) is 11.3. The summed E-state index contributed by atoms with van der Waals surface area (Å²) in [6, 6.07) is -0.765. The molecule has 16 heteroatoms. The van der Waals surface area contributed by atoms with Crippen molar-refractivity contribution in [1.82, 2.24) is 4.90 Å². The highest BCUT2D eigenvalue weighted by molar-refractivity contribution is 5.91. The van der Waals surface area contributed by atoms with Crippen LogP contribution < -0.4 is 0 Å². The van der Waals surface area contributed by atoms with Gasteiger partial charge >= 0.3 is 11.9 Å². The summed E-state index contributed by atoms with van der Waals surface area (Å²) < 4.78 is 46.6. The van der Waals surface area contributed by atoms with Crippen LogP contribution in [0.5, 0.6) is 0 Å². The van der Waals surface area contributed by atoms with Crippen molar-refractivity contribution in [1.29, 1.82) is 0 Å². The van der Waals surface area contributed by atoms with E-state index >= 15 is 0 Å². The van der Waals surface area contributed by atoms with E-state index in [0.29, 0.717) is 12.0 Å². The zero-order valence-electron chi connectivity index (χ0n) is 35.8. The molecule has 3 aliphatic rings. The van der Waals surface area contributed by atoms with E-state index in [4.69, 9.17) is 37.9 Å². The average molecular weight is 826 g/mol. The molecule has 0 amide bonds. The lowest BCUT2D eigenvalue weighted by molar-refractivity contribution is -0.304. The smallest absolute Gasteiger partial charge is 0.334 e. The number of ketones is 1. The van der Waals surface area contributed by atoms with Gasteiger partial charge < -0.3 is 63.2 Å². The maximum Gasteiger partial charge on any atom is 0.334 e. The lowest BCUT2D eigenvalue weighted by Gasteiger charge is -2.46. The second kappa shape index (κ2) is 23.1. The molecule has 3 rings (SSSR count). The molecular weight excluding hydrogens is 758 g/mol. The maximum absolute atomic E-state index is 13.7. The Morgan fingerprint density at radius 1 is 0.914 bits per heavy atom. The minimum Gasteiger partial charge on any atom is -0.512 e. The van der Waals surface area contributed by atoms with Crippen LogP contribution in [0.1, 0.15) is 60.8 Å². The fraction of sp³-hybridized carbons (Fsp3) is 0.738. The molecule has 330 valence electrons. The molecule has 0 aromatic heterocycles. The first-order chi connectivity index (χ1) is 27.4. The highest BCUT2D eigenvalue weighted by atomic mass is 16.7. The highest BCUT2D eigenvalue weighted by Crippen LogP contribution is 2.35. The molecule has 2 saturated heterocycles. The van der Waals surface area contributed by atoms with Gasteiger partial charge in [0.1, 0.15) is 36.3 Å². The van der Waals surface area contributed by atoms with Crippen LogP contribution >= 0.6 is 0 Å². The summed E-state index contributed by atoms with van der Waals surface area (Å²) in [6.45, 7) is 10.4. The minimum atomic E-state index is -1.33. The number of carbonyl (C=O) groups excluding carboxylic acids is 3. The van der Waals surface area contributed by atoms with Crippen molar-refractivity contribution in [2.45, 2.75) is 134 Å². The second-order valence-electron chi connectivity index (χ2n) is 15.8. The first-order valence-corrected chi connectivity index (χ1v) is 20.0. The number of carbonyl (C=O) groups is 3. The van der Waals surface area contributed by atoms with Gasteiger partial charge in [-0.25, -0.2) is 9.59 Å². The molecule has 58 heavy (non-hydrogen) atoms. The van der Waals surface area contributed by atoms with Gasteiger partial charge in [-0.05, 0) is 66.1 Å². The van der Waals surface area contributed by atoms with Gasteiger partial charge in [-0.2, -0.15) is 0 Å². The summed E-state index contributed by atoms with van der Waals surface area (Å²) >= 11 is 0. The molecule has 3 aliphatic heterocycles. The highest BCUT2D eigenvalue weighted by Gasteiger charge is 2.48. The number of methoxy groups -OCH3 is 3. The Morgan fingerprint density at radius 3 is 2.16 bits per heavy atom. The molecule has 0 bridgehead atoms. The Balaban J connectivity index is 2.06. The molecular formula is C42H67NO15. The van der Waals surface area contributed by atoms with Gasteiger partial charge in [0.25, 0.3) is 0 Å². The van der Waals surface area contributed by atoms with Crippen LogP contribution in [0.25, 0.3) is 0 Å². The zero-order chi connectivity index (χ0) is 43.4. The number of cyclic esters (lactones) is 1. The van der Waals surface area contributed by atoms with E-state index in [0.717, 1.165) is 6.08 Å². The van der Waals surface area contributed by atoms with Crippen LogP contribution in [-0.4, -0.2) is 159 Å². The third-order valence-corrected chi connectivity index (χ3v) is 11.3. The summed E-state index contributed by atoms with van der Waals surface area (Å²) in [5.74, 6) is -4.69. The topological polar surface area (TPSA) is 209 Å². The van der Waals surface area contributed by atoms with Gasteiger partial charge in [0.05, 0.1) is 50.3 Å². The van der Waals surface area contributed by atoms with E-state index in [1.807, 2.05) is 13.0 Å². The Bertz CT molecular complexity index is 1460. The normalized spacial score (nSPS) is 40.1. The van der Waals surface area contributed by atoms with Crippen LogP contribution in [0.15, 0.2) is 47.8 Å². The van der Waals surface area contributed by atoms with E-state index in [9.17, 15) is 34.8 Å². The number of aliphatic hydroxyl groups excluding tert-OH is 4. The number of allylic oxidation sites excluding steroid dienone is 4. The molecule has 0 radical (unpaired) electrons. The van der Waals surface area contributed by atoms with Crippen molar-refractivity contribution in [3.63, 3.8) is 0 Å². The Kier molecular flexibility index (Phi) is 19.6. The SMILES string of the molecule is CC[C@H]1OC(=O)C=C(O)[C@H](C)[C@@H](OC2OC(C)C(O)C(N(C)C)C2O)[C@@H](C/C=C/C(=O)OC)C[C@@H](C)C(=O)/C=C/C(C)=C/[C@@H]1COC1OC(C)C(O)C(OC)C1OC. The number of ether oxygens (including phenoxy) is 8. The number of hydrogen-bond donors (Lipinski definition) is 4. The van der Waals surface area contributed by atoms with Crippen molar-refractivity contribution in [3.05, 3.63) is 47.8 Å². The van der Waals surface area contributed by atoms with Gasteiger partial charge in [-0.3, -0.25) is 4.79 Å². The molecule has 16 atom stereocenters. The molecule has 0 saturated carbocycles. The first kappa shape index (κ1) is 49.3. The maximum atomic E-state index is 13.7.